The lowest BCUT2D eigenvalue weighted by Crippen LogP contribution is -2.24. The minimum Gasteiger partial charge on any atom is -0.369 e. The number of hydrogen-bond donors (Lipinski definition) is 2. The van der Waals surface area contributed by atoms with Gasteiger partial charge in [-0.05, 0) is 47.9 Å². The van der Waals surface area contributed by atoms with Crippen molar-refractivity contribution in [2.24, 2.45) is 5.73 Å². The molecule has 4 rings (SSSR count). The predicted octanol–water partition coefficient (Wildman–Crippen LogP) is 4.69. The van der Waals surface area contributed by atoms with Crippen LogP contribution >= 0.6 is 0 Å². The molecule has 0 saturated heterocycles. The molecule has 5 nitrogen and oxygen atoms in total. The van der Waals surface area contributed by atoms with Gasteiger partial charge in [-0.15, -0.1) is 0 Å². The van der Waals surface area contributed by atoms with Crippen LogP contribution in [0.2, 0.25) is 0 Å². The Hall–Kier alpha value is -4.13. The van der Waals surface area contributed by atoms with Gasteiger partial charge in [0.1, 0.15) is 17.5 Å². The van der Waals surface area contributed by atoms with Crippen molar-refractivity contribution in [3.8, 4) is 11.3 Å². The Morgan fingerprint density at radius 1 is 1.00 bits per heavy atom. The van der Waals surface area contributed by atoms with Gasteiger partial charge < -0.3 is 11.1 Å². The maximum atomic E-state index is 14.0. The summed E-state index contributed by atoms with van der Waals surface area (Å²) in [5.74, 6) is -1.85. The van der Waals surface area contributed by atoms with Crippen molar-refractivity contribution in [2.75, 3.05) is 11.9 Å². The highest BCUT2D eigenvalue weighted by Crippen LogP contribution is 2.31. The number of carbonyl (C=O) groups is 1. The molecule has 7 heteroatoms. The van der Waals surface area contributed by atoms with Crippen LogP contribution in [0.15, 0.2) is 85.2 Å². The highest BCUT2D eigenvalue weighted by molar-refractivity contribution is 5.87. The van der Waals surface area contributed by atoms with Gasteiger partial charge in [0.25, 0.3) is 0 Å². The summed E-state index contributed by atoms with van der Waals surface area (Å²) in [6, 6.07) is 20.1. The van der Waals surface area contributed by atoms with E-state index in [1.54, 1.807) is 24.5 Å². The number of halogens is 2. The summed E-state index contributed by atoms with van der Waals surface area (Å²) >= 11 is 0. The molecule has 0 aliphatic rings. The van der Waals surface area contributed by atoms with Gasteiger partial charge in [0, 0.05) is 30.1 Å². The second-order valence-electron chi connectivity index (χ2n) is 7.53. The summed E-state index contributed by atoms with van der Waals surface area (Å²) in [6.07, 6.45) is 3.44. The van der Waals surface area contributed by atoms with Crippen LogP contribution in [-0.2, 0) is 11.2 Å². The lowest BCUT2D eigenvalue weighted by molar-refractivity contribution is -0.118. The van der Waals surface area contributed by atoms with Gasteiger partial charge in [-0.2, -0.15) is 0 Å². The number of primary amides is 1. The van der Waals surface area contributed by atoms with Crippen molar-refractivity contribution in [2.45, 2.75) is 12.3 Å². The predicted molar refractivity (Wildman–Crippen MR) is 123 cm³/mol. The largest absolute Gasteiger partial charge is 0.369 e. The van der Waals surface area contributed by atoms with E-state index in [4.69, 9.17) is 10.7 Å². The van der Waals surface area contributed by atoms with E-state index in [1.807, 2.05) is 42.5 Å². The van der Waals surface area contributed by atoms with E-state index in [0.717, 1.165) is 17.7 Å². The van der Waals surface area contributed by atoms with Crippen LogP contribution in [0.3, 0.4) is 0 Å². The van der Waals surface area contributed by atoms with Crippen molar-refractivity contribution in [1.29, 1.82) is 0 Å². The zero-order valence-electron chi connectivity index (χ0n) is 17.7. The Morgan fingerprint density at radius 3 is 2.55 bits per heavy atom. The second-order valence-corrected chi connectivity index (χ2v) is 7.53. The molecule has 0 aliphatic heterocycles. The van der Waals surface area contributed by atoms with Gasteiger partial charge >= 0.3 is 0 Å². The van der Waals surface area contributed by atoms with Gasteiger partial charge in [-0.3, -0.25) is 9.78 Å². The van der Waals surface area contributed by atoms with Crippen molar-refractivity contribution in [3.63, 3.8) is 0 Å². The molecule has 33 heavy (non-hydrogen) atoms. The first-order valence-electron chi connectivity index (χ1n) is 10.5. The highest BCUT2D eigenvalue weighted by atomic mass is 19.1. The van der Waals surface area contributed by atoms with E-state index in [9.17, 15) is 13.6 Å². The minimum absolute atomic E-state index is 0.231. The SMILES string of the molecule is NC(=O)C(c1cccnc1)c1ccc(-c2ccccc2)nc1NCCc1cc(F)ccc1F. The number of carbonyl (C=O) groups excluding carboxylic acids is 1. The molecule has 166 valence electrons. The van der Waals surface area contributed by atoms with Crippen molar-refractivity contribution < 1.29 is 13.6 Å². The Labute approximate surface area is 190 Å². The molecule has 0 aliphatic carbocycles. The van der Waals surface area contributed by atoms with Gasteiger partial charge in [-0.1, -0.05) is 42.5 Å². The first kappa shape index (κ1) is 22.1. The molecule has 1 amide bonds. The number of amides is 1. The maximum absolute atomic E-state index is 14.0. The van der Waals surface area contributed by atoms with Crippen LogP contribution in [0, 0.1) is 11.6 Å². The van der Waals surface area contributed by atoms with E-state index in [2.05, 4.69) is 10.3 Å². The van der Waals surface area contributed by atoms with Crippen molar-refractivity contribution in [1.82, 2.24) is 9.97 Å². The molecule has 3 N–H and O–H groups in total. The fourth-order valence-corrected chi connectivity index (χ4v) is 3.71. The number of benzene rings is 2. The van der Waals surface area contributed by atoms with Crippen LogP contribution in [0.1, 0.15) is 22.6 Å². The smallest absolute Gasteiger partial charge is 0.229 e. The third kappa shape index (κ3) is 5.20. The Morgan fingerprint density at radius 2 is 1.82 bits per heavy atom. The molecule has 0 fully saturated rings. The molecular weight excluding hydrogens is 422 g/mol. The standard InChI is InChI=1S/C26H22F2N4O/c27-20-8-10-22(28)18(15-20)12-14-31-26-21(24(25(29)33)19-7-4-13-30-16-19)9-11-23(32-26)17-5-2-1-3-6-17/h1-11,13,15-16,24H,12,14H2,(H2,29,33)(H,31,32). The molecule has 0 saturated carbocycles. The molecule has 2 heterocycles. The fraction of sp³-hybridized carbons (Fsp3) is 0.115. The summed E-state index contributed by atoms with van der Waals surface area (Å²) in [5, 5.41) is 3.20. The molecule has 0 radical (unpaired) electrons. The number of hydrogen-bond acceptors (Lipinski definition) is 4. The summed E-state index contributed by atoms with van der Waals surface area (Å²) in [4.78, 5) is 21.3. The molecule has 0 spiro atoms. The quantitative estimate of drug-likeness (QED) is 0.413. The average molecular weight is 444 g/mol. The molecule has 1 atom stereocenters. The number of nitrogens with two attached hydrogens (primary N) is 1. The van der Waals surface area contributed by atoms with Gasteiger partial charge in [-0.25, -0.2) is 13.8 Å². The van der Waals surface area contributed by atoms with Gasteiger partial charge in [0.05, 0.1) is 11.6 Å². The third-order valence-corrected chi connectivity index (χ3v) is 5.30. The molecule has 2 aromatic heterocycles. The van der Waals surface area contributed by atoms with E-state index in [0.29, 0.717) is 22.6 Å². The zero-order valence-corrected chi connectivity index (χ0v) is 17.7. The van der Waals surface area contributed by atoms with Crippen LogP contribution < -0.4 is 11.1 Å². The second kappa shape index (κ2) is 9.99. The molecule has 4 aromatic rings. The molecule has 0 bridgehead atoms. The fourth-order valence-electron chi connectivity index (χ4n) is 3.71. The number of nitrogens with one attached hydrogen (secondary N) is 1. The maximum Gasteiger partial charge on any atom is 0.229 e. The normalized spacial score (nSPS) is 11.7. The Balaban J connectivity index is 1.69. The van der Waals surface area contributed by atoms with Crippen LogP contribution in [0.25, 0.3) is 11.3 Å². The average Bonchev–Trinajstić information content (AvgIpc) is 2.83. The summed E-state index contributed by atoms with van der Waals surface area (Å²) < 4.78 is 27.6. The van der Waals surface area contributed by atoms with E-state index < -0.39 is 23.5 Å². The summed E-state index contributed by atoms with van der Waals surface area (Å²) in [7, 11) is 0. The first-order chi connectivity index (χ1) is 16.0. The van der Waals surface area contributed by atoms with E-state index in [-0.39, 0.29) is 18.5 Å². The number of pyridine rings is 2. The molecule has 2 aromatic carbocycles. The topological polar surface area (TPSA) is 80.9 Å². The number of nitrogens with zero attached hydrogens (tertiary/aromatic N) is 2. The lowest BCUT2D eigenvalue weighted by Gasteiger charge is -2.19. The highest BCUT2D eigenvalue weighted by Gasteiger charge is 2.24. The van der Waals surface area contributed by atoms with Gasteiger partial charge in [0.15, 0.2) is 0 Å². The Bertz CT molecular complexity index is 1250. The van der Waals surface area contributed by atoms with Crippen LogP contribution in [0.5, 0.6) is 0 Å². The number of rotatable bonds is 8. The zero-order chi connectivity index (χ0) is 23.2. The van der Waals surface area contributed by atoms with Crippen molar-refractivity contribution in [3.05, 3.63) is 114 Å². The van der Waals surface area contributed by atoms with E-state index >= 15 is 0 Å². The number of aromatic nitrogens is 2. The molecule has 1 unspecified atom stereocenters. The molecular formula is C26H22F2N4O. The van der Waals surface area contributed by atoms with Gasteiger partial charge in [0.2, 0.25) is 5.91 Å². The lowest BCUT2D eigenvalue weighted by atomic mass is 9.91. The van der Waals surface area contributed by atoms with Crippen LogP contribution in [0.4, 0.5) is 14.6 Å². The Kier molecular flexibility index (Phi) is 6.69. The van der Waals surface area contributed by atoms with E-state index in [1.165, 1.54) is 6.07 Å². The summed E-state index contributed by atoms with van der Waals surface area (Å²) in [6.45, 7) is 0.275. The monoisotopic (exact) mass is 444 g/mol. The van der Waals surface area contributed by atoms with Crippen molar-refractivity contribution >= 4 is 11.7 Å². The minimum atomic E-state index is -0.774. The first-order valence-corrected chi connectivity index (χ1v) is 10.5. The third-order valence-electron chi connectivity index (χ3n) is 5.30. The van der Waals surface area contributed by atoms with Crippen LogP contribution in [-0.4, -0.2) is 22.4 Å². The number of anilines is 1. The summed E-state index contributed by atoms with van der Waals surface area (Å²) in [5.41, 5.74) is 8.83.